The van der Waals surface area contributed by atoms with Crippen LogP contribution in [0.4, 0.5) is 5.69 Å². The van der Waals surface area contributed by atoms with E-state index in [1.54, 1.807) is 0 Å². The van der Waals surface area contributed by atoms with E-state index in [0.717, 1.165) is 30.6 Å². The third-order valence-electron chi connectivity index (χ3n) is 4.50. The monoisotopic (exact) mass is 274 g/mol. The fraction of sp³-hybridized carbons (Fsp3) is 0.588. The minimum absolute atomic E-state index is 0.151. The first-order chi connectivity index (χ1) is 9.55. The molecule has 0 unspecified atom stereocenters. The van der Waals surface area contributed by atoms with Crippen LogP contribution in [0.1, 0.15) is 51.5 Å². The number of nitrogens with zero attached hydrogens (tertiary/aromatic N) is 1. The second-order valence-corrected chi connectivity index (χ2v) is 6.18. The van der Waals surface area contributed by atoms with Gasteiger partial charge in [-0.1, -0.05) is 38.3 Å². The van der Waals surface area contributed by atoms with Crippen LogP contribution >= 0.6 is 0 Å². The molecule has 3 nitrogen and oxygen atoms in total. The molecule has 0 heterocycles. The molecule has 0 aromatic heterocycles. The Labute approximate surface area is 122 Å². The highest BCUT2D eigenvalue weighted by Gasteiger charge is 2.37. The van der Waals surface area contributed by atoms with Crippen molar-refractivity contribution in [2.45, 2.75) is 52.5 Å². The van der Waals surface area contributed by atoms with Crippen LogP contribution < -0.4 is 5.73 Å². The van der Waals surface area contributed by atoms with Crippen molar-refractivity contribution in [1.82, 2.24) is 4.90 Å². The molecule has 0 spiro atoms. The van der Waals surface area contributed by atoms with Crippen LogP contribution in [0.2, 0.25) is 0 Å². The van der Waals surface area contributed by atoms with Gasteiger partial charge in [-0.3, -0.25) is 4.79 Å². The Bertz CT molecular complexity index is 447. The van der Waals surface area contributed by atoms with E-state index in [9.17, 15) is 4.79 Å². The van der Waals surface area contributed by atoms with Gasteiger partial charge in [0, 0.05) is 24.2 Å². The second-order valence-electron chi connectivity index (χ2n) is 6.18. The topological polar surface area (TPSA) is 46.3 Å². The van der Waals surface area contributed by atoms with Crippen molar-refractivity contribution in [1.29, 1.82) is 0 Å². The molecule has 0 atom stereocenters. The first kappa shape index (κ1) is 14.9. The van der Waals surface area contributed by atoms with Crippen LogP contribution in [0.3, 0.4) is 0 Å². The van der Waals surface area contributed by atoms with Gasteiger partial charge >= 0.3 is 0 Å². The highest BCUT2D eigenvalue weighted by atomic mass is 16.2. The minimum atomic E-state index is -0.151. The van der Waals surface area contributed by atoms with Crippen molar-refractivity contribution in [3.63, 3.8) is 0 Å². The maximum atomic E-state index is 12.8. The normalized spacial score (nSPS) is 17.7. The van der Waals surface area contributed by atoms with E-state index in [0.29, 0.717) is 12.5 Å². The van der Waals surface area contributed by atoms with Gasteiger partial charge in [-0.2, -0.15) is 0 Å². The molecule has 1 aromatic rings. The van der Waals surface area contributed by atoms with E-state index < -0.39 is 0 Å². The zero-order valence-electron chi connectivity index (χ0n) is 12.7. The predicted molar refractivity (Wildman–Crippen MR) is 83.1 cm³/mol. The highest BCUT2D eigenvalue weighted by molar-refractivity contribution is 5.82. The molecule has 1 aliphatic carbocycles. The Morgan fingerprint density at radius 2 is 1.80 bits per heavy atom. The molecule has 1 saturated carbocycles. The summed E-state index contributed by atoms with van der Waals surface area (Å²) in [6.07, 6.45) is 5.70. The van der Waals surface area contributed by atoms with Gasteiger partial charge in [0.25, 0.3) is 0 Å². The predicted octanol–water partition coefficient (Wildman–Crippen LogP) is 3.59. The summed E-state index contributed by atoms with van der Waals surface area (Å²) in [6, 6.07) is 7.81. The Hall–Kier alpha value is -1.51. The molecule has 1 amide bonds. The molecule has 20 heavy (non-hydrogen) atoms. The standard InChI is InChI=1S/C17H26N2O/c1-3-19(13-14-7-9-15(18)10-8-14)16(20)17(2)11-5-4-6-12-17/h7-10H,3-6,11-13,18H2,1-2H3. The SMILES string of the molecule is CCN(Cc1ccc(N)cc1)C(=O)C1(C)CCCCC1. The molecular formula is C17H26N2O. The fourth-order valence-corrected chi connectivity index (χ4v) is 3.10. The Kier molecular flexibility index (Phi) is 4.69. The summed E-state index contributed by atoms with van der Waals surface area (Å²) in [4.78, 5) is 14.8. The lowest BCUT2D eigenvalue weighted by Crippen LogP contribution is -2.43. The lowest BCUT2D eigenvalue weighted by Gasteiger charge is -2.37. The average molecular weight is 274 g/mol. The molecule has 1 aliphatic rings. The van der Waals surface area contributed by atoms with Crippen molar-refractivity contribution < 1.29 is 4.79 Å². The summed E-state index contributed by atoms with van der Waals surface area (Å²) < 4.78 is 0. The Balaban J connectivity index is 2.07. The molecule has 0 bridgehead atoms. The Morgan fingerprint density at radius 3 is 2.35 bits per heavy atom. The largest absolute Gasteiger partial charge is 0.399 e. The van der Waals surface area contributed by atoms with Crippen molar-refractivity contribution in [3.8, 4) is 0 Å². The van der Waals surface area contributed by atoms with Gasteiger partial charge in [-0.15, -0.1) is 0 Å². The quantitative estimate of drug-likeness (QED) is 0.853. The number of hydrogen-bond acceptors (Lipinski definition) is 2. The summed E-state index contributed by atoms with van der Waals surface area (Å²) in [7, 11) is 0. The van der Waals surface area contributed by atoms with Crippen molar-refractivity contribution in [3.05, 3.63) is 29.8 Å². The Morgan fingerprint density at radius 1 is 1.20 bits per heavy atom. The van der Waals surface area contributed by atoms with Gasteiger partial charge < -0.3 is 10.6 Å². The number of benzene rings is 1. The fourth-order valence-electron chi connectivity index (χ4n) is 3.10. The molecule has 1 aromatic carbocycles. The number of anilines is 1. The van der Waals surface area contributed by atoms with Gasteiger partial charge in [0.15, 0.2) is 0 Å². The van der Waals surface area contributed by atoms with Crippen LogP contribution in [0, 0.1) is 5.41 Å². The van der Waals surface area contributed by atoms with Crippen LogP contribution in [-0.4, -0.2) is 17.4 Å². The van der Waals surface area contributed by atoms with Crippen molar-refractivity contribution >= 4 is 11.6 Å². The molecule has 1 fully saturated rings. The van der Waals surface area contributed by atoms with Gasteiger partial charge in [0.2, 0.25) is 5.91 Å². The van der Waals surface area contributed by atoms with E-state index in [1.807, 2.05) is 29.2 Å². The first-order valence-electron chi connectivity index (χ1n) is 7.69. The minimum Gasteiger partial charge on any atom is -0.399 e. The van der Waals surface area contributed by atoms with Crippen molar-refractivity contribution in [2.75, 3.05) is 12.3 Å². The molecule has 110 valence electrons. The lowest BCUT2D eigenvalue weighted by molar-refractivity contribution is -0.143. The lowest BCUT2D eigenvalue weighted by atomic mass is 9.74. The number of amides is 1. The molecule has 3 heteroatoms. The van der Waals surface area contributed by atoms with Gasteiger partial charge in [0.1, 0.15) is 0 Å². The summed E-state index contributed by atoms with van der Waals surface area (Å²) in [5.41, 5.74) is 7.47. The second kappa shape index (κ2) is 6.29. The van der Waals surface area contributed by atoms with Crippen molar-refractivity contribution in [2.24, 2.45) is 5.41 Å². The molecule has 0 aliphatic heterocycles. The molecular weight excluding hydrogens is 248 g/mol. The van der Waals surface area contributed by atoms with Crippen LogP contribution in [-0.2, 0) is 11.3 Å². The number of hydrogen-bond donors (Lipinski definition) is 1. The van der Waals surface area contributed by atoms with Crippen LogP contribution in [0.5, 0.6) is 0 Å². The third-order valence-corrected chi connectivity index (χ3v) is 4.50. The van der Waals surface area contributed by atoms with Gasteiger partial charge in [0.05, 0.1) is 0 Å². The highest BCUT2D eigenvalue weighted by Crippen LogP contribution is 2.37. The first-order valence-corrected chi connectivity index (χ1v) is 7.69. The van der Waals surface area contributed by atoms with E-state index in [2.05, 4.69) is 13.8 Å². The summed E-state index contributed by atoms with van der Waals surface area (Å²) in [6.45, 7) is 5.64. The van der Waals surface area contributed by atoms with E-state index in [4.69, 9.17) is 5.73 Å². The number of carbonyl (C=O) groups excluding carboxylic acids is 1. The number of nitrogen functional groups attached to an aromatic ring is 1. The molecule has 0 saturated heterocycles. The molecule has 2 rings (SSSR count). The van der Waals surface area contributed by atoms with E-state index >= 15 is 0 Å². The maximum absolute atomic E-state index is 12.8. The molecule has 0 radical (unpaired) electrons. The van der Waals surface area contributed by atoms with E-state index in [1.165, 1.54) is 19.3 Å². The number of rotatable bonds is 4. The maximum Gasteiger partial charge on any atom is 0.228 e. The summed E-state index contributed by atoms with van der Waals surface area (Å²) in [5.74, 6) is 0.316. The number of carbonyl (C=O) groups is 1. The van der Waals surface area contributed by atoms with Crippen LogP contribution in [0.25, 0.3) is 0 Å². The number of nitrogens with two attached hydrogens (primary N) is 1. The summed E-state index contributed by atoms with van der Waals surface area (Å²) >= 11 is 0. The summed E-state index contributed by atoms with van der Waals surface area (Å²) in [5, 5.41) is 0. The zero-order valence-corrected chi connectivity index (χ0v) is 12.7. The smallest absolute Gasteiger partial charge is 0.228 e. The van der Waals surface area contributed by atoms with Gasteiger partial charge in [-0.05, 0) is 37.5 Å². The average Bonchev–Trinajstić information content (AvgIpc) is 2.47. The van der Waals surface area contributed by atoms with Gasteiger partial charge in [-0.25, -0.2) is 0 Å². The van der Waals surface area contributed by atoms with E-state index in [-0.39, 0.29) is 5.41 Å². The third kappa shape index (κ3) is 3.33. The zero-order chi connectivity index (χ0) is 14.6. The molecule has 2 N–H and O–H groups in total. The van der Waals surface area contributed by atoms with Crippen LogP contribution in [0.15, 0.2) is 24.3 Å².